The SMILES string of the molecule is CCOC(=O)[C@@]1(CC)N[C@@H](c2cc(OC)c(OC)c(OC)c2)[C@H]2C(=O)N(c3ccc(C)cc3)C(=O)[C@@H]21. The molecule has 2 amide bonds. The van der Waals surface area contributed by atoms with Gasteiger partial charge in [-0.25, -0.2) is 4.90 Å². The second kappa shape index (κ2) is 9.81. The number of aryl methyl sites for hydroxylation is 1. The zero-order valence-corrected chi connectivity index (χ0v) is 21.4. The minimum Gasteiger partial charge on any atom is -0.493 e. The maximum absolute atomic E-state index is 13.9. The summed E-state index contributed by atoms with van der Waals surface area (Å²) in [6.45, 7) is 5.60. The van der Waals surface area contributed by atoms with Crippen molar-refractivity contribution < 1.29 is 33.3 Å². The molecule has 2 heterocycles. The smallest absolute Gasteiger partial charge is 0.327 e. The summed E-state index contributed by atoms with van der Waals surface area (Å²) < 4.78 is 21.9. The Balaban J connectivity index is 1.89. The standard InChI is InChI=1S/C27H32N2O7/c1-7-27(26(32)36-8-2)21-20(24(30)29(25(21)31)17-11-9-15(3)10-12-17)22(28-27)16-13-18(33-4)23(35-6)19(14-16)34-5/h9-14,20-22,28H,7-8H2,1-6H3/t20-,21+,22-,27-/m0/s1. The van der Waals surface area contributed by atoms with E-state index in [1.165, 1.54) is 26.2 Å². The summed E-state index contributed by atoms with van der Waals surface area (Å²) in [7, 11) is 4.51. The van der Waals surface area contributed by atoms with Crippen LogP contribution in [-0.4, -0.2) is 51.3 Å². The molecule has 9 nitrogen and oxygen atoms in total. The molecule has 4 rings (SSSR count). The largest absolute Gasteiger partial charge is 0.493 e. The third-order valence-electron chi connectivity index (χ3n) is 7.19. The van der Waals surface area contributed by atoms with Crippen LogP contribution in [-0.2, 0) is 19.1 Å². The second-order valence-electron chi connectivity index (χ2n) is 8.98. The van der Waals surface area contributed by atoms with E-state index in [1.54, 1.807) is 31.2 Å². The van der Waals surface area contributed by atoms with Gasteiger partial charge in [0.2, 0.25) is 17.6 Å². The highest BCUT2D eigenvalue weighted by molar-refractivity contribution is 6.24. The Labute approximate surface area is 210 Å². The number of benzene rings is 2. The lowest BCUT2D eigenvalue weighted by atomic mass is 9.78. The fourth-order valence-electron chi connectivity index (χ4n) is 5.43. The van der Waals surface area contributed by atoms with Gasteiger partial charge in [-0.1, -0.05) is 24.6 Å². The molecule has 2 fully saturated rings. The van der Waals surface area contributed by atoms with Crippen molar-refractivity contribution in [3.8, 4) is 17.2 Å². The van der Waals surface area contributed by atoms with Crippen LogP contribution >= 0.6 is 0 Å². The number of hydrogen-bond donors (Lipinski definition) is 1. The molecule has 2 aliphatic heterocycles. The van der Waals surface area contributed by atoms with Crippen molar-refractivity contribution >= 4 is 23.5 Å². The second-order valence-corrected chi connectivity index (χ2v) is 8.98. The van der Waals surface area contributed by atoms with Crippen LogP contribution in [0.4, 0.5) is 5.69 Å². The topological polar surface area (TPSA) is 103 Å². The molecule has 2 saturated heterocycles. The molecule has 0 aromatic heterocycles. The average Bonchev–Trinajstić information content (AvgIpc) is 3.37. The third-order valence-corrected chi connectivity index (χ3v) is 7.19. The van der Waals surface area contributed by atoms with Crippen molar-refractivity contribution in [3.05, 3.63) is 47.5 Å². The molecule has 9 heteroatoms. The molecule has 1 N–H and O–H groups in total. The average molecular weight is 497 g/mol. The number of rotatable bonds is 8. The maximum atomic E-state index is 13.9. The fourth-order valence-corrected chi connectivity index (χ4v) is 5.43. The summed E-state index contributed by atoms with van der Waals surface area (Å²) in [4.78, 5) is 42.4. The van der Waals surface area contributed by atoms with Crippen molar-refractivity contribution in [2.24, 2.45) is 11.8 Å². The Kier molecular flexibility index (Phi) is 6.95. The minimum absolute atomic E-state index is 0.151. The van der Waals surface area contributed by atoms with Gasteiger partial charge in [0.15, 0.2) is 11.5 Å². The predicted molar refractivity (Wildman–Crippen MR) is 132 cm³/mol. The number of imide groups is 1. The van der Waals surface area contributed by atoms with Crippen LogP contribution in [0.3, 0.4) is 0 Å². The summed E-state index contributed by atoms with van der Waals surface area (Å²) in [5.74, 6) is -1.92. The number of methoxy groups -OCH3 is 3. The first kappa shape index (κ1) is 25.5. The molecule has 192 valence electrons. The van der Waals surface area contributed by atoms with Crippen LogP contribution in [0.25, 0.3) is 0 Å². The van der Waals surface area contributed by atoms with Crippen LogP contribution in [0.2, 0.25) is 0 Å². The number of nitrogens with one attached hydrogen (secondary N) is 1. The van der Waals surface area contributed by atoms with E-state index >= 15 is 0 Å². The quantitative estimate of drug-likeness (QED) is 0.439. The van der Waals surface area contributed by atoms with E-state index in [1.807, 2.05) is 26.0 Å². The normalized spacial score (nSPS) is 25.1. The van der Waals surface area contributed by atoms with E-state index in [-0.39, 0.29) is 18.9 Å². The van der Waals surface area contributed by atoms with Crippen molar-refractivity contribution in [2.45, 2.75) is 38.8 Å². The van der Waals surface area contributed by atoms with E-state index < -0.39 is 35.3 Å². The van der Waals surface area contributed by atoms with Gasteiger partial charge in [-0.3, -0.25) is 19.7 Å². The van der Waals surface area contributed by atoms with Gasteiger partial charge in [0, 0.05) is 6.04 Å². The molecule has 2 aromatic carbocycles. The Bertz CT molecular complexity index is 1150. The summed E-state index contributed by atoms with van der Waals surface area (Å²) in [5.41, 5.74) is 0.732. The lowest BCUT2D eigenvalue weighted by Gasteiger charge is -2.32. The van der Waals surface area contributed by atoms with Gasteiger partial charge >= 0.3 is 5.97 Å². The molecular formula is C27H32N2O7. The first-order chi connectivity index (χ1) is 17.3. The van der Waals surface area contributed by atoms with Crippen molar-refractivity contribution in [1.82, 2.24) is 5.32 Å². The Morgan fingerprint density at radius 1 is 0.972 bits per heavy atom. The molecule has 0 spiro atoms. The number of ether oxygens (including phenoxy) is 4. The van der Waals surface area contributed by atoms with Crippen LogP contribution in [0.1, 0.15) is 37.4 Å². The van der Waals surface area contributed by atoms with Crippen molar-refractivity contribution in [2.75, 3.05) is 32.8 Å². The third kappa shape index (κ3) is 3.78. The van der Waals surface area contributed by atoms with E-state index in [0.29, 0.717) is 28.5 Å². The summed E-state index contributed by atoms with van der Waals surface area (Å²) in [5, 5.41) is 3.34. The number of fused-ring (bicyclic) bond motifs is 1. The number of carbonyl (C=O) groups excluding carboxylic acids is 3. The monoisotopic (exact) mass is 496 g/mol. The first-order valence-corrected chi connectivity index (χ1v) is 12.0. The summed E-state index contributed by atoms with van der Waals surface area (Å²) in [6.07, 6.45) is 0.259. The van der Waals surface area contributed by atoms with Gasteiger partial charge in [0.25, 0.3) is 0 Å². The van der Waals surface area contributed by atoms with E-state index in [9.17, 15) is 14.4 Å². The number of carbonyl (C=O) groups is 3. The zero-order chi connectivity index (χ0) is 26.2. The molecule has 0 aliphatic carbocycles. The Morgan fingerprint density at radius 3 is 2.08 bits per heavy atom. The van der Waals surface area contributed by atoms with Crippen molar-refractivity contribution in [3.63, 3.8) is 0 Å². The summed E-state index contributed by atoms with van der Waals surface area (Å²) in [6, 6.07) is 9.96. The van der Waals surface area contributed by atoms with Gasteiger partial charge in [-0.05, 0) is 50.1 Å². The van der Waals surface area contributed by atoms with Gasteiger partial charge in [-0.15, -0.1) is 0 Å². The van der Waals surface area contributed by atoms with Crippen LogP contribution in [0.15, 0.2) is 36.4 Å². The number of amides is 2. The Hall–Kier alpha value is -3.59. The predicted octanol–water partition coefficient (Wildman–Crippen LogP) is 3.18. The molecule has 0 radical (unpaired) electrons. The van der Waals surface area contributed by atoms with Gasteiger partial charge < -0.3 is 18.9 Å². The highest BCUT2D eigenvalue weighted by atomic mass is 16.5. The lowest BCUT2D eigenvalue weighted by Crippen LogP contribution is -2.56. The van der Waals surface area contributed by atoms with E-state index in [4.69, 9.17) is 18.9 Å². The molecule has 36 heavy (non-hydrogen) atoms. The van der Waals surface area contributed by atoms with Crippen molar-refractivity contribution in [1.29, 1.82) is 0 Å². The number of anilines is 1. The summed E-state index contributed by atoms with van der Waals surface area (Å²) >= 11 is 0. The number of nitrogens with zero attached hydrogens (tertiary/aromatic N) is 1. The first-order valence-electron chi connectivity index (χ1n) is 12.0. The fraction of sp³-hybridized carbons (Fsp3) is 0.444. The maximum Gasteiger partial charge on any atom is 0.327 e. The van der Waals surface area contributed by atoms with Crippen LogP contribution in [0, 0.1) is 18.8 Å². The zero-order valence-electron chi connectivity index (χ0n) is 21.4. The minimum atomic E-state index is -1.38. The van der Waals surface area contributed by atoms with Gasteiger partial charge in [0.05, 0.1) is 45.5 Å². The van der Waals surface area contributed by atoms with Crippen LogP contribution in [0.5, 0.6) is 17.2 Å². The highest BCUT2D eigenvalue weighted by Crippen LogP contribution is 2.53. The van der Waals surface area contributed by atoms with Crippen LogP contribution < -0.4 is 24.4 Å². The lowest BCUT2D eigenvalue weighted by molar-refractivity contribution is -0.154. The van der Waals surface area contributed by atoms with Gasteiger partial charge in [-0.2, -0.15) is 0 Å². The Morgan fingerprint density at radius 2 is 1.58 bits per heavy atom. The molecule has 2 aliphatic rings. The van der Waals surface area contributed by atoms with E-state index in [2.05, 4.69) is 5.32 Å². The van der Waals surface area contributed by atoms with Gasteiger partial charge in [0.1, 0.15) is 5.54 Å². The molecule has 4 atom stereocenters. The van der Waals surface area contributed by atoms with E-state index in [0.717, 1.165) is 5.56 Å². The molecule has 2 aromatic rings. The number of esters is 1. The molecular weight excluding hydrogens is 464 g/mol. The highest BCUT2D eigenvalue weighted by Gasteiger charge is 2.68. The molecule has 0 saturated carbocycles. The number of hydrogen-bond acceptors (Lipinski definition) is 8. The molecule has 0 bridgehead atoms. The molecule has 0 unspecified atom stereocenters.